The lowest BCUT2D eigenvalue weighted by Crippen LogP contribution is -1.88. The van der Waals surface area contributed by atoms with Gasteiger partial charge in [-0.15, -0.1) is 0 Å². The van der Waals surface area contributed by atoms with E-state index in [9.17, 15) is 0 Å². The number of ether oxygens (including phenoxy) is 1. The minimum Gasteiger partial charge on any atom is -0.492 e. The van der Waals surface area contributed by atoms with Crippen molar-refractivity contribution in [3.8, 4) is 17.0 Å². The van der Waals surface area contributed by atoms with Crippen LogP contribution in [0.25, 0.3) is 11.3 Å². The minimum atomic E-state index is 0.501. The fourth-order valence-corrected chi connectivity index (χ4v) is 1.90. The molecule has 0 spiro atoms. The molecule has 1 aromatic heterocycles. The van der Waals surface area contributed by atoms with Gasteiger partial charge in [0.05, 0.1) is 12.3 Å². The second kappa shape index (κ2) is 3.02. The van der Waals surface area contributed by atoms with Crippen molar-refractivity contribution in [2.75, 3.05) is 12.3 Å². The van der Waals surface area contributed by atoms with Crippen LogP contribution in [0.5, 0.6) is 5.75 Å². The van der Waals surface area contributed by atoms with Gasteiger partial charge in [-0.2, -0.15) is 5.10 Å². The van der Waals surface area contributed by atoms with Crippen LogP contribution in [0.1, 0.15) is 5.56 Å². The number of nitrogens with one attached hydrogen (secondary N) is 1. The number of nitrogens with two attached hydrogens (primary N) is 1. The lowest BCUT2D eigenvalue weighted by atomic mass is 10.1. The number of rotatable bonds is 1. The molecular formula is C11H11N3O. The standard InChI is InChI=1S/C11H11N3O/c12-10-6-9(13-14-10)8-3-1-2-7-4-5-15-11(7)8/h1-3,6H,4-5H2,(H3,12,13,14). The topological polar surface area (TPSA) is 63.9 Å². The zero-order valence-electron chi connectivity index (χ0n) is 8.16. The van der Waals surface area contributed by atoms with Crippen molar-refractivity contribution in [2.45, 2.75) is 6.42 Å². The lowest BCUT2D eigenvalue weighted by molar-refractivity contribution is 0.358. The third-order valence-electron chi connectivity index (χ3n) is 2.60. The molecule has 76 valence electrons. The van der Waals surface area contributed by atoms with Crippen LogP contribution in [0.3, 0.4) is 0 Å². The molecule has 3 N–H and O–H groups in total. The third kappa shape index (κ3) is 1.26. The summed E-state index contributed by atoms with van der Waals surface area (Å²) in [5.41, 5.74) is 8.77. The largest absolute Gasteiger partial charge is 0.492 e. The molecule has 3 rings (SSSR count). The minimum absolute atomic E-state index is 0.501. The van der Waals surface area contributed by atoms with Gasteiger partial charge < -0.3 is 10.5 Å². The Morgan fingerprint density at radius 2 is 2.33 bits per heavy atom. The first-order valence-electron chi connectivity index (χ1n) is 4.90. The zero-order valence-corrected chi connectivity index (χ0v) is 8.16. The number of aromatic amines is 1. The highest BCUT2D eigenvalue weighted by molar-refractivity contribution is 5.71. The summed E-state index contributed by atoms with van der Waals surface area (Å²) in [5, 5.41) is 6.81. The summed E-state index contributed by atoms with van der Waals surface area (Å²) in [5.74, 6) is 1.46. The summed E-state index contributed by atoms with van der Waals surface area (Å²) in [4.78, 5) is 0. The van der Waals surface area contributed by atoms with E-state index in [0.29, 0.717) is 5.82 Å². The number of hydrogen-bond donors (Lipinski definition) is 2. The van der Waals surface area contributed by atoms with E-state index < -0.39 is 0 Å². The number of nitrogens with zero attached hydrogens (tertiary/aromatic N) is 1. The molecule has 0 fully saturated rings. The average Bonchev–Trinajstić information content (AvgIpc) is 2.84. The van der Waals surface area contributed by atoms with E-state index in [1.807, 2.05) is 18.2 Å². The summed E-state index contributed by atoms with van der Waals surface area (Å²) in [6.07, 6.45) is 0.979. The Hall–Kier alpha value is -1.97. The molecule has 1 aliphatic rings. The highest BCUT2D eigenvalue weighted by Gasteiger charge is 2.17. The molecule has 0 bridgehead atoms. The number of aromatic nitrogens is 2. The van der Waals surface area contributed by atoms with E-state index >= 15 is 0 Å². The van der Waals surface area contributed by atoms with Gasteiger partial charge in [-0.1, -0.05) is 12.1 Å². The molecule has 0 saturated carbocycles. The molecule has 0 amide bonds. The molecule has 1 aromatic carbocycles. The van der Waals surface area contributed by atoms with Crippen molar-refractivity contribution in [1.82, 2.24) is 10.2 Å². The number of H-pyrrole nitrogens is 1. The molecule has 2 heterocycles. The summed E-state index contributed by atoms with van der Waals surface area (Å²) in [7, 11) is 0. The highest BCUT2D eigenvalue weighted by Crippen LogP contribution is 2.36. The van der Waals surface area contributed by atoms with Crippen molar-refractivity contribution in [1.29, 1.82) is 0 Å². The van der Waals surface area contributed by atoms with Crippen LogP contribution in [0.4, 0.5) is 5.82 Å². The summed E-state index contributed by atoms with van der Waals surface area (Å²) >= 11 is 0. The first-order chi connectivity index (χ1) is 7.34. The molecule has 0 atom stereocenters. The van der Waals surface area contributed by atoms with Crippen LogP contribution < -0.4 is 10.5 Å². The first-order valence-corrected chi connectivity index (χ1v) is 4.90. The molecule has 2 aromatic rings. The van der Waals surface area contributed by atoms with Crippen LogP contribution in [0.15, 0.2) is 24.3 Å². The predicted molar refractivity (Wildman–Crippen MR) is 57.6 cm³/mol. The van der Waals surface area contributed by atoms with Crippen molar-refractivity contribution in [2.24, 2.45) is 0 Å². The second-order valence-corrected chi connectivity index (χ2v) is 3.60. The summed E-state index contributed by atoms with van der Waals surface area (Å²) in [6, 6.07) is 7.94. The SMILES string of the molecule is Nc1cc(-c2cccc3c2OCC3)[nH]n1. The normalized spacial score (nSPS) is 13.6. The Morgan fingerprint density at radius 3 is 3.13 bits per heavy atom. The Kier molecular flexibility index (Phi) is 1.68. The Labute approximate surface area is 87.1 Å². The van der Waals surface area contributed by atoms with Gasteiger partial charge in [0, 0.05) is 18.1 Å². The third-order valence-corrected chi connectivity index (χ3v) is 2.60. The smallest absolute Gasteiger partial charge is 0.145 e. The molecule has 15 heavy (non-hydrogen) atoms. The van der Waals surface area contributed by atoms with Crippen LogP contribution in [-0.4, -0.2) is 16.8 Å². The van der Waals surface area contributed by atoms with E-state index in [1.165, 1.54) is 5.56 Å². The van der Waals surface area contributed by atoms with E-state index in [1.54, 1.807) is 0 Å². The van der Waals surface area contributed by atoms with Crippen molar-refractivity contribution < 1.29 is 4.74 Å². The maximum absolute atomic E-state index is 5.60. The summed E-state index contributed by atoms with van der Waals surface area (Å²) < 4.78 is 5.60. The summed E-state index contributed by atoms with van der Waals surface area (Å²) in [6.45, 7) is 0.760. The van der Waals surface area contributed by atoms with Gasteiger partial charge >= 0.3 is 0 Å². The Morgan fingerprint density at radius 1 is 1.40 bits per heavy atom. The number of nitrogen functional groups attached to an aromatic ring is 1. The number of hydrogen-bond acceptors (Lipinski definition) is 3. The fraction of sp³-hybridized carbons (Fsp3) is 0.182. The van der Waals surface area contributed by atoms with Gasteiger partial charge in [0.15, 0.2) is 0 Å². The van der Waals surface area contributed by atoms with Crippen LogP contribution >= 0.6 is 0 Å². The number of anilines is 1. The Bertz CT molecular complexity index is 504. The van der Waals surface area contributed by atoms with E-state index in [4.69, 9.17) is 10.5 Å². The molecule has 4 nitrogen and oxygen atoms in total. The highest BCUT2D eigenvalue weighted by atomic mass is 16.5. The van der Waals surface area contributed by atoms with E-state index in [2.05, 4.69) is 16.3 Å². The molecule has 0 radical (unpaired) electrons. The van der Waals surface area contributed by atoms with Crippen molar-refractivity contribution >= 4 is 5.82 Å². The number of para-hydroxylation sites is 1. The van der Waals surface area contributed by atoms with Gasteiger partial charge in [-0.05, 0) is 11.6 Å². The first kappa shape index (κ1) is 8.35. The molecular weight excluding hydrogens is 190 g/mol. The number of fused-ring (bicyclic) bond motifs is 1. The zero-order chi connectivity index (χ0) is 10.3. The van der Waals surface area contributed by atoms with Gasteiger partial charge in [0.25, 0.3) is 0 Å². The van der Waals surface area contributed by atoms with Gasteiger partial charge in [0.1, 0.15) is 11.6 Å². The molecule has 1 aliphatic heterocycles. The average molecular weight is 201 g/mol. The van der Waals surface area contributed by atoms with Crippen LogP contribution in [-0.2, 0) is 6.42 Å². The van der Waals surface area contributed by atoms with Crippen LogP contribution in [0, 0.1) is 0 Å². The maximum atomic E-state index is 5.60. The Balaban J connectivity index is 2.16. The van der Waals surface area contributed by atoms with Crippen molar-refractivity contribution in [3.63, 3.8) is 0 Å². The quantitative estimate of drug-likeness (QED) is 0.736. The molecule has 0 saturated heterocycles. The monoisotopic (exact) mass is 201 g/mol. The van der Waals surface area contributed by atoms with E-state index in [-0.39, 0.29) is 0 Å². The molecule has 0 unspecified atom stereocenters. The van der Waals surface area contributed by atoms with Crippen LogP contribution in [0.2, 0.25) is 0 Å². The van der Waals surface area contributed by atoms with Gasteiger partial charge in [0.2, 0.25) is 0 Å². The van der Waals surface area contributed by atoms with E-state index in [0.717, 1.165) is 30.0 Å². The van der Waals surface area contributed by atoms with Gasteiger partial charge in [-0.3, -0.25) is 5.10 Å². The molecule has 0 aliphatic carbocycles. The van der Waals surface area contributed by atoms with Gasteiger partial charge in [-0.25, -0.2) is 0 Å². The lowest BCUT2D eigenvalue weighted by Gasteiger charge is -2.04. The predicted octanol–water partition coefficient (Wildman–Crippen LogP) is 1.59. The second-order valence-electron chi connectivity index (χ2n) is 3.60. The fourth-order valence-electron chi connectivity index (χ4n) is 1.90. The number of benzene rings is 1. The van der Waals surface area contributed by atoms with Crippen molar-refractivity contribution in [3.05, 3.63) is 29.8 Å². The molecule has 4 heteroatoms. The maximum Gasteiger partial charge on any atom is 0.145 e.